The summed E-state index contributed by atoms with van der Waals surface area (Å²) in [5.41, 5.74) is 4.50. The Morgan fingerprint density at radius 2 is 2.04 bits per heavy atom. The fourth-order valence-corrected chi connectivity index (χ4v) is 2.96. The Kier molecular flexibility index (Phi) is 4.22. The van der Waals surface area contributed by atoms with Gasteiger partial charge in [0.05, 0.1) is 23.7 Å². The SMILES string of the molecule is Nc1nnc2n1CCN(CC(=O)c1cccc(C(F)(F)F)c1Cl)C2. The molecule has 0 saturated heterocycles. The van der Waals surface area contributed by atoms with Gasteiger partial charge in [0.1, 0.15) is 5.82 Å². The number of ketones is 1. The summed E-state index contributed by atoms with van der Waals surface area (Å²) in [6.07, 6.45) is -4.60. The maximum absolute atomic E-state index is 12.9. The van der Waals surface area contributed by atoms with E-state index < -0.39 is 22.5 Å². The summed E-state index contributed by atoms with van der Waals surface area (Å²) in [5.74, 6) is 0.436. The van der Waals surface area contributed by atoms with Gasteiger partial charge in [-0.2, -0.15) is 13.2 Å². The van der Waals surface area contributed by atoms with Crippen LogP contribution in [0.1, 0.15) is 21.7 Å². The van der Waals surface area contributed by atoms with Crippen molar-refractivity contribution in [3.8, 4) is 0 Å². The maximum Gasteiger partial charge on any atom is 0.417 e. The number of fused-ring (bicyclic) bond motifs is 1. The third kappa shape index (κ3) is 3.09. The van der Waals surface area contributed by atoms with Crippen molar-refractivity contribution in [2.45, 2.75) is 19.3 Å². The first-order valence-electron chi connectivity index (χ1n) is 7.06. The minimum Gasteiger partial charge on any atom is -0.368 e. The van der Waals surface area contributed by atoms with Crippen LogP contribution >= 0.6 is 11.6 Å². The van der Waals surface area contributed by atoms with Crippen LogP contribution in [0, 0.1) is 0 Å². The predicted molar refractivity (Wildman–Crippen MR) is 80.5 cm³/mol. The molecule has 128 valence electrons. The van der Waals surface area contributed by atoms with Crippen molar-refractivity contribution in [1.29, 1.82) is 0 Å². The van der Waals surface area contributed by atoms with E-state index >= 15 is 0 Å². The number of nitrogen functional groups attached to an aromatic ring is 1. The number of alkyl halides is 3. The smallest absolute Gasteiger partial charge is 0.368 e. The zero-order valence-corrected chi connectivity index (χ0v) is 13.1. The Labute approximate surface area is 140 Å². The minimum absolute atomic E-state index is 0.0617. The fourth-order valence-electron chi connectivity index (χ4n) is 2.62. The van der Waals surface area contributed by atoms with Gasteiger partial charge in [0, 0.05) is 18.7 Å². The van der Waals surface area contributed by atoms with Crippen LogP contribution in [0.5, 0.6) is 0 Å². The average molecular weight is 360 g/mol. The predicted octanol–water partition coefficient (Wildman–Crippen LogP) is 2.23. The standard InChI is InChI=1S/C14H13ClF3N5O/c15-12-8(2-1-3-9(12)14(16,17)18)10(24)6-22-4-5-23-11(7-22)20-21-13(23)19/h1-3H,4-7H2,(H2,19,21). The molecule has 0 fully saturated rings. The van der Waals surface area contributed by atoms with Gasteiger partial charge in [-0.15, -0.1) is 10.2 Å². The first-order chi connectivity index (χ1) is 11.3. The van der Waals surface area contributed by atoms with E-state index in [-0.39, 0.29) is 12.1 Å². The van der Waals surface area contributed by atoms with E-state index in [2.05, 4.69) is 10.2 Å². The molecule has 0 aliphatic carbocycles. The van der Waals surface area contributed by atoms with Crippen molar-refractivity contribution in [1.82, 2.24) is 19.7 Å². The van der Waals surface area contributed by atoms with Crippen LogP contribution in [0.15, 0.2) is 18.2 Å². The number of hydrogen-bond donors (Lipinski definition) is 1. The summed E-state index contributed by atoms with van der Waals surface area (Å²) < 4.78 is 40.4. The van der Waals surface area contributed by atoms with Gasteiger partial charge in [-0.1, -0.05) is 17.7 Å². The fraction of sp³-hybridized carbons (Fsp3) is 0.357. The van der Waals surface area contributed by atoms with E-state index in [1.807, 2.05) is 0 Å². The van der Waals surface area contributed by atoms with Gasteiger partial charge in [-0.25, -0.2) is 0 Å². The molecule has 2 aromatic rings. The van der Waals surface area contributed by atoms with Crippen LogP contribution in [0.25, 0.3) is 0 Å². The molecule has 24 heavy (non-hydrogen) atoms. The number of anilines is 1. The van der Waals surface area contributed by atoms with Crippen molar-refractivity contribution < 1.29 is 18.0 Å². The van der Waals surface area contributed by atoms with Crippen LogP contribution in [-0.2, 0) is 19.3 Å². The van der Waals surface area contributed by atoms with Crippen LogP contribution in [0.4, 0.5) is 19.1 Å². The molecule has 0 saturated carbocycles. The topological polar surface area (TPSA) is 77.0 Å². The number of halogens is 4. The molecular weight excluding hydrogens is 347 g/mol. The molecule has 1 aliphatic heterocycles. The summed E-state index contributed by atoms with van der Waals surface area (Å²) in [5, 5.41) is 7.10. The van der Waals surface area contributed by atoms with Crippen molar-refractivity contribution in [2.75, 3.05) is 18.8 Å². The molecule has 0 atom stereocenters. The summed E-state index contributed by atoms with van der Waals surface area (Å²) in [6.45, 7) is 1.30. The Morgan fingerprint density at radius 1 is 1.29 bits per heavy atom. The van der Waals surface area contributed by atoms with Gasteiger partial charge < -0.3 is 5.73 Å². The molecular formula is C14H13ClF3N5O. The lowest BCUT2D eigenvalue weighted by Crippen LogP contribution is -2.37. The zero-order valence-electron chi connectivity index (χ0n) is 12.3. The Morgan fingerprint density at radius 3 is 2.75 bits per heavy atom. The first kappa shape index (κ1) is 16.7. The Bertz CT molecular complexity index is 789. The molecule has 2 heterocycles. The molecule has 0 radical (unpaired) electrons. The number of carbonyl (C=O) groups is 1. The highest BCUT2D eigenvalue weighted by Gasteiger charge is 2.35. The molecule has 10 heteroatoms. The molecule has 0 spiro atoms. The summed E-state index contributed by atoms with van der Waals surface area (Å²) in [4.78, 5) is 14.1. The highest BCUT2D eigenvalue weighted by molar-refractivity contribution is 6.34. The molecule has 0 unspecified atom stereocenters. The third-order valence-electron chi connectivity index (χ3n) is 3.83. The van der Waals surface area contributed by atoms with E-state index in [1.165, 1.54) is 12.1 Å². The number of nitrogens with two attached hydrogens (primary N) is 1. The van der Waals surface area contributed by atoms with Gasteiger partial charge in [-0.05, 0) is 12.1 Å². The van der Waals surface area contributed by atoms with Crippen LogP contribution in [0.3, 0.4) is 0 Å². The van der Waals surface area contributed by atoms with E-state index in [0.717, 1.165) is 6.07 Å². The number of carbonyl (C=O) groups excluding carboxylic acids is 1. The highest BCUT2D eigenvalue weighted by atomic mass is 35.5. The third-order valence-corrected chi connectivity index (χ3v) is 4.24. The Balaban J connectivity index is 1.77. The number of rotatable bonds is 3. The van der Waals surface area contributed by atoms with E-state index in [0.29, 0.717) is 31.4 Å². The second kappa shape index (κ2) is 6.06. The Hall–Kier alpha value is -2.13. The zero-order chi connectivity index (χ0) is 17.5. The number of benzene rings is 1. The number of hydrogen-bond acceptors (Lipinski definition) is 5. The van der Waals surface area contributed by atoms with Crippen LogP contribution in [0.2, 0.25) is 5.02 Å². The van der Waals surface area contributed by atoms with E-state index in [4.69, 9.17) is 17.3 Å². The van der Waals surface area contributed by atoms with Gasteiger partial charge in [-0.3, -0.25) is 14.3 Å². The molecule has 0 bridgehead atoms. The maximum atomic E-state index is 12.9. The number of aromatic nitrogens is 3. The quantitative estimate of drug-likeness (QED) is 0.850. The second-order valence-electron chi connectivity index (χ2n) is 5.42. The lowest BCUT2D eigenvalue weighted by molar-refractivity contribution is -0.137. The van der Waals surface area contributed by atoms with Gasteiger partial charge in [0.25, 0.3) is 0 Å². The van der Waals surface area contributed by atoms with Gasteiger partial charge >= 0.3 is 6.18 Å². The second-order valence-corrected chi connectivity index (χ2v) is 5.80. The van der Waals surface area contributed by atoms with Crippen LogP contribution < -0.4 is 5.73 Å². The first-order valence-corrected chi connectivity index (χ1v) is 7.44. The molecule has 1 aliphatic rings. The largest absolute Gasteiger partial charge is 0.417 e. The van der Waals surface area contributed by atoms with Gasteiger partial charge in [0.2, 0.25) is 5.95 Å². The lowest BCUT2D eigenvalue weighted by Gasteiger charge is -2.26. The molecule has 1 aromatic heterocycles. The molecule has 3 rings (SSSR count). The molecule has 6 nitrogen and oxygen atoms in total. The molecule has 1 aromatic carbocycles. The van der Waals surface area contributed by atoms with Crippen molar-refractivity contribution in [2.24, 2.45) is 0 Å². The van der Waals surface area contributed by atoms with Crippen molar-refractivity contribution >= 4 is 23.3 Å². The van der Waals surface area contributed by atoms with Gasteiger partial charge in [0.15, 0.2) is 5.78 Å². The summed E-state index contributed by atoms with van der Waals surface area (Å²) >= 11 is 5.79. The minimum atomic E-state index is -4.60. The number of nitrogens with zero attached hydrogens (tertiary/aromatic N) is 4. The monoisotopic (exact) mass is 359 g/mol. The van der Waals surface area contributed by atoms with Crippen LogP contribution in [-0.4, -0.2) is 38.5 Å². The normalized spacial score (nSPS) is 15.3. The van der Waals surface area contributed by atoms with E-state index in [1.54, 1.807) is 9.47 Å². The summed E-state index contributed by atoms with van der Waals surface area (Å²) in [7, 11) is 0. The van der Waals surface area contributed by atoms with Crippen molar-refractivity contribution in [3.05, 3.63) is 40.2 Å². The van der Waals surface area contributed by atoms with Crippen molar-refractivity contribution in [3.63, 3.8) is 0 Å². The average Bonchev–Trinajstić information content (AvgIpc) is 2.87. The molecule has 2 N–H and O–H groups in total. The summed E-state index contributed by atoms with van der Waals surface area (Å²) in [6, 6.07) is 3.32. The lowest BCUT2D eigenvalue weighted by atomic mass is 10.1. The number of Topliss-reactive ketones (excluding diaryl/α,β-unsaturated/α-hetero) is 1. The van der Waals surface area contributed by atoms with E-state index in [9.17, 15) is 18.0 Å². The molecule has 0 amide bonds. The highest BCUT2D eigenvalue weighted by Crippen LogP contribution is 2.36.